The molecule has 0 bridgehead atoms. The van der Waals surface area contributed by atoms with Crippen molar-refractivity contribution in [3.63, 3.8) is 0 Å². The van der Waals surface area contributed by atoms with Crippen LogP contribution in [0.3, 0.4) is 0 Å². The molecule has 0 spiro atoms. The molecule has 1 atom stereocenters. The highest BCUT2D eigenvalue weighted by molar-refractivity contribution is 8.15. The van der Waals surface area contributed by atoms with Crippen LogP contribution in [-0.4, -0.2) is 20.7 Å². The van der Waals surface area contributed by atoms with E-state index >= 15 is 0 Å². The molecule has 4 rings (SSSR count). The van der Waals surface area contributed by atoms with Crippen molar-refractivity contribution in [3.8, 4) is 0 Å². The second-order valence-electron chi connectivity index (χ2n) is 6.20. The van der Waals surface area contributed by atoms with Crippen LogP contribution < -0.4 is 21.2 Å². The minimum Gasteiger partial charge on any atom is -0.122 e. The van der Waals surface area contributed by atoms with Crippen LogP contribution in [0.15, 0.2) is 121 Å². The Morgan fingerprint density at radius 2 is 0.828 bits per heavy atom. The van der Waals surface area contributed by atoms with Gasteiger partial charge in [0, 0.05) is 7.85 Å². The lowest BCUT2D eigenvalue weighted by molar-refractivity contribution is 1.70. The molecule has 0 fully saturated rings. The van der Waals surface area contributed by atoms with E-state index < -0.39 is 7.14 Å². The Hall–Kier alpha value is -2.13. The molecule has 4 aromatic carbocycles. The monoisotopic (exact) mass is 411 g/mol. The summed E-state index contributed by atoms with van der Waals surface area (Å²) < 4.78 is 0. The summed E-state index contributed by atoms with van der Waals surface area (Å²) in [6.07, 6.45) is 0. The van der Waals surface area contributed by atoms with Gasteiger partial charge in [-0.25, -0.2) is 0 Å². The minimum absolute atomic E-state index is 0.116. The fraction of sp³-hybridized carbons (Fsp3) is 0.0400. The first-order valence-corrected chi connectivity index (χ1v) is 11.9. The Balaban J connectivity index is 1.91. The molecule has 0 saturated heterocycles. The molecule has 0 radical (unpaired) electrons. The van der Waals surface area contributed by atoms with E-state index in [4.69, 9.17) is 0 Å². The number of hydrogen-bond donors (Lipinski definition) is 0. The molecule has 0 heterocycles. The van der Waals surface area contributed by atoms with Crippen molar-refractivity contribution in [1.82, 2.24) is 0 Å². The molecule has 0 aliphatic rings. The molecule has 0 nitrogen and oxygen atoms in total. The summed E-state index contributed by atoms with van der Waals surface area (Å²) in [5.41, 5.74) is 0. The minimum atomic E-state index is -1.26. The van der Waals surface area contributed by atoms with Crippen LogP contribution in [0.4, 0.5) is 0 Å². The van der Waals surface area contributed by atoms with E-state index in [1.165, 1.54) is 0 Å². The first-order chi connectivity index (χ1) is 14.2. The topological polar surface area (TPSA) is 0 Å². The number of benzene rings is 4. The fourth-order valence-electron chi connectivity index (χ4n) is 3.03. The lowest BCUT2D eigenvalue weighted by atomic mass is 10.2. The summed E-state index contributed by atoms with van der Waals surface area (Å²) in [4.78, 5) is 0. The Kier molecular flexibility index (Phi) is 6.34. The SMILES string of the molecule is [BH3-]C(P(c1ccccc1)c1ccccc1)[P+]([BH3-])(c1ccccc1)c1ccccc1. The van der Waals surface area contributed by atoms with E-state index in [0.29, 0.717) is 0 Å². The van der Waals surface area contributed by atoms with Crippen molar-refractivity contribution < 1.29 is 0 Å². The van der Waals surface area contributed by atoms with Crippen molar-refractivity contribution in [2.75, 3.05) is 0 Å². The summed E-state index contributed by atoms with van der Waals surface area (Å²) in [5, 5.41) is 7.32. The van der Waals surface area contributed by atoms with Gasteiger partial charge in [-0.05, 0) is 42.8 Å². The van der Waals surface area contributed by atoms with Crippen LogP contribution in [0.5, 0.6) is 0 Å². The second-order valence-corrected chi connectivity index (χ2v) is 10.7. The van der Waals surface area contributed by atoms with Gasteiger partial charge in [-0.3, -0.25) is 0 Å². The van der Waals surface area contributed by atoms with Crippen LogP contribution >= 0.6 is 15.1 Å². The maximum Gasteiger partial charge on any atom is 0.134 e. The van der Waals surface area contributed by atoms with Crippen molar-refractivity contribution >= 4 is 51.7 Å². The van der Waals surface area contributed by atoms with Crippen LogP contribution in [0, 0.1) is 0 Å². The predicted octanol–water partition coefficient (Wildman–Crippen LogP) is 2.72. The maximum absolute atomic E-state index is 2.44. The first-order valence-electron chi connectivity index (χ1n) is 9.05. The van der Waals surface area contributed by atoms with Gasteiger partial charge >= 0.3 is 0 Å². The molecule has 0 aliphatic heterocycles. The number of rotatable bonds is 6. The molecule has 0 N–H and O–H groups in total. The summed E-state index contributed by atoms with van der Waals surface area (Å²) >= 11 is 0. The average Bonchev–Trinajstić information content (AvgIpc) is 2.81. The van der Waals surface area contributed by atoms with E-state index in [-0.39, 0.29) is 23.3 Å². The fourth-order valence-corrected chi connectivity index (χ4v) is 8.66. The largest absolute Gasteiger partial charge is 0.134 e. The molecule has 1 unspecified atom stereocenters. The van der Waals surface area contributed by atoms with Gasteiger partial charge in [0.25, 0.3) is 0 Å². The zero-order chi connectivity index (χ0) is 20.1. The summed E-state index contributed by atoms with van der Waals surface area (Å²) in [6.45, 7) is 0. The Morgan fingerprint density at radius 1 is 0.517 bits per heavy atom. The van der Waals surface area contributed by atoms with Gasteiger partial charge in [0.05, 0.1) is 10.6 Å². The van der Waals surface area contributed by atoms with Crippen LogP contribution in [0.2, 0.25) is 0 Å². The summed E-state index contributed by atoms with van der Waals surface area (Å²) in [6, 6.07) is 45.9. The van der Waals surface area contributed by atoms with Gasteiger partial charge in [-0.2, -0.15) is 0 Å². The lowest BCUT2D eigenvalue weighted by Crippen LogP contribution is -2.35. The Labute approximate surface area is 178 Å². The van der Waals surface area contributed by atoms with E-state index in [1.54, 1.807) is 21.2 Å². The lowest BCUT2D eigenvalue weighted by Gasteiger charge is -2.44. The van der Waals surface area contributed by atoms with Crippen molar-refractivity contribution in [2.45, 2.75) is 5.30 Å². The van der Waals surface area contributed by atoms with E-state index in [9.17, 15) is 0 Å². The van der Waals surface area contributed by atoms with E-state index in [2.05, 4.69) is 121 Å². The standard InChI is InChI=1S/C25H27B2P2/c26-25(28(21-13-5-1-6-14-21)22-15-7-2-8-16-22)29(27,23-17-9-3-10-18-23)24-19-11-4-12-20-24/h1-20,25H,26-27H3/q-1. The van der Waals surface area contributed by atoms with Gasteiger partial charge in [0.1, 0.15) is 7.57 Å². The molecule has 4 aromatic rings. The summed E-state index contributed by atoms with van der Waals surface area (Å²) in [5.74, 6) is 0. The van der Waals surface area contributed by atoms with E-state index in [0.717, 1.165) is 5.30 Å². The normalized spacial score (nSPS) is 12.7. The second kappa shape index (κ2) is 9.13. The molecule has 0 aliphatic carbocycles. The van der Waals surface area contributed by atoms with Crippen LogP contribution in [-0.2, 0) is 0 Å². The van der Waals surface area contributed by atoms with Gasteiger partial charge in [-0.15, -0.1) is 7.14 Å². The molecule has 29 heavy (non-hydrogen) atoms. The smallest absolute Gasteiger partial charge is 0.122 e. The zero-order valence-corrected chi connectivity index (χ0v) is 16.8. The average molecular weight is 411 g/mol. The third-order valence-corrected chi connectivity index (χ3v) is 9.63. The number of hydrogen-bond acceptors (Lipinski definition) is 0. The highest BCUT2D eigenvalue weighted by Gasteiger charge is 2.38. The maximum atomic E-state index is 2.44. The predicted molar refractivity (Wildman–Crippen MR) is 142 cm³/mol. The highest BCUT2D eigenvalue weighted by Crippen LogP contribution is 2.65. The van der Waals surface area contributed by atoms with Gasteiger partial charge in [-0.1, -0.05) is 102 Å². The molecular weight excluding hydrogens is 384 g/mol. The van der Waals surface area contributed by atoms with E-state index in [1.807, 2.05) is 0 Å². The van der Waals surface area contributed by atoms with Gasteiger partial charge in [0.2, 0.25) is 0 Å². The molecule has 0 amide bonds. The third-order valence-electron chi connectivity index (χ3n) is 4.37. The molecule has 144 valence electrons. The summed E-state index contributed by atoms with van der Waals surface area (Å²) in [7, 11) is -1.33. The third kappa shape index (κ3) is 4.11. The van der Waals surface area contributed by atoms with Crippen molar-refractivity contribution in [3.05, 3.63) is 121 Å². The van der Waals surface area contributed by atoms with Crippen molar-refractivity contribution in [1.29, 1.82) is 0 Å². The van der Waals surface area contributed by atoms with Gasteiger partial charge in [0.15, 0.2) is 0 Å². The zero-order valence-electron chi connectivity index (χ0n) is 15.0. The molecule has 0 saturated carbocycles. The molecule has 0 aromatic heterocycles. The van der Waals surface area contributed by atoms with Crippen molar-refractivity contribution in [2.24, 2.45) is 0 Å². The Bertz CT molecular complexity index is 946. The first kappa shape index (κ1) is 20.2. The molecular formula is C25H27B2P2-. The highest BCUT2D eigenvalue weighted by atomic mass is 31.2. The van der Waals surface area contributed by atoms with Crippen LogP contribution in [0.25, 0.3) is 0 Å². The quantitative estimate of drug-likeness (QED) is 0.338. The van der Waals surface area contributed by atoms with Crippen LogP contribution in [0.1, 0.15) is 0 Å². The molecule has 4 heteroatoms. The van der Waals surface area contributed by atoms with Gasteiger partial charge < -0.3 is 0 Å². The Morgan fingerprint density at radius 3 is 1.17 bits per heavy atom.